The summed E-state index contributed by atoms with van der Waals surface area (Å²) in [5.74, 6) is -3.07. The Hall–Kier alpha value is -6.88. The third-order valence-corrected chi connectivity index (χ3v) is 21.8. The number of nitrogens with one attached hydrogen (secondary N) is 4. The highest BCUT2D eigenvalue weighted by molar-refractivity contribution is 7.99. The molecule has 4 N–H and O–H groups in total. The molecule has 27 heteroatoms. The van der Waals surface area contributed by atoms with E-state index in [2.05, 4.69) is 61.5 Å². The van der Waals surface area contributed by atoms with Crippen molar-refractivity contribution in [2.24, 2.45) is 5.41 Å². The minimum absolute atomic E-state index is 0.0220. The lowest BCUT2D eigenvalue weighted by Crippen LogP contribution is -2.54. The summed E-state index contributed by atoms with van der Waals surface area (Å²) < 4.78 is 111. The predicted octanol–water partition coefficient (Wildman–Crippen LogP) is 8.67. The van der Waals surface area contributed by atoms with Gasteiger partial charge in [-0.1, -0.05) is 67.4 Å². The zero-order valence-corrected chi connectivity index (χ0v) is 55.1. The van der Waals surface area contributed by atoms with Crippen molar-refractivity contribution in [2.75, 3.05) is 126 Å². The Labute approximate surface area is 549 Å². The summed E-state index contributed by atoms with van der Waals surface area (Å²) >= 11 is 7.64. The molecule has 4 aliphatic heterocycles. The van der Waals surface area contributed by atoms with Crippen molar-refractivity contribution in [3.63, 3.8) is 0 Å². The van der Waals surface area contributed by atoms with Crippen LogP contribution in [0.25, 0.3) is 5.57 Å². The van der Waals surface area contributed by atoms with Gasteiger partial charge in [-0.3, -0.25) is 44.0 Å². The van der Waals surface area contributed by atoms with Crippen molar-refractivity contribution in [2.45, 2.75) is 84.7 Å². The molecular formula is C66H77ClF3N9O11S3. The lowest BCUT2D eigenvalue weighted by Gasteiger charge is -2.39. The van der Waals surface area contributed by atoms with Crippen molar-refractivity contribution in [3.05, 3.63) is 148 Å². The molecule has 498 valence electrons. The Morgan fingerprint density at radius 3 is 2.12 bits per heavy atom. The van der Waals surface area contributed by atoms with Gasteiger partial charge in [0.2, 0.25) is 11.8 Å². The molecule has 5 aliphatic rings. The van der Waals surface area contributed by atoms with Crippen LogP contribution in [0.3, 0.4) is 0 Å². The van der Waals surface area contributed by atoms with Crippen LogP contribution in [0.4, 0.5) is 30.2 Å². The van der Waals surface area contributed by atoms with Crippen LogP contribution < -0.4 is 25.6 Å². The van der Waals surface area contributed by atoms with Crippen LogP contribution in [-0.4, -0.2) is 194 Å². The molecule has 20 nitrogen and oxygen atoms in total. The first-order valence-electron chi connectivity index (χ1n) is 31.1. The largest absolute Gasteiger partial charge is 0.501 e. The second-order valence-corrected chi connectivity index (χ2v) is 29.7. The number of fused-ring (bicyclic) bond motifs is 1. The van der Waals surface area contributed by atoms with E-state index in [1.54, 1.807) is 24.3 Å². The number of carbonyl (C=O) groups is 5. The number of thioether (sulfide) groups is 1. The van der Waals surface area contributed by atoms with E-state index in [9.17, 15) is 54.0 Å². The second-order valence-electron chi connectivity index (χ2n) is 24.5. The Kier molecular flexibility index (Phi) is 22.4. The number of piperazine rings is 2. The van der Waals surface area contributed by atoms with E-state index in [4.69, 9.17) is 21.1 Å². The number of nitrogens with zero attached hydrogens (tertiary/aromatic N) is 5. The maximum absolute atomic E-state index is 14.5. The number of imide groups is 2. The van der Waals surface area contributed by atoms with Gasteiger partial charge >= 0.3 is 5.51 Å². The number of sulfonamides is 1. The molecule has 5 amide bonds. The van der Waals surface area contributed by atoms with Crippen molar-refractivity contribution in [1.29, 1.82) is 0 Å². The normalized spacial score (nSPS) is 19.0. The van der Waals surface area contributed by atoms with Crippen LogP contribution in [0.1, 0.15) is 89.0 Å². The monoisotopic (exact) mass is 1360 g/mol. The fourth-order valence-electron chi connectivity index (χ4n) is 12.3. The molecular weight excluding hydrogens is 1280 g/mol. The zero-order chi connectivity index (χ0) is 66.1. The van der Waals surface area contributed by atoms with Crippen molar-refractivity contribution >= 4 is 95.4 Å². The molecule has 1 aliphatic carbocycles. The average Bonchev–Trinajstić information content (AvgIpc) is 1.77. The number of benzene rings is 5. The molecule has 93 heavy (non-hydrogen) atoms. The number of amides is 5. The molecule has 3 fully saturated rings. The first kappa shape index (κ1) is 69.0. The molecule has 10 rings (SSSR count). The Morgan fingerprint density at radius 2 is 1.43 bits per heavy atom. The Bertz CT molecular complexity index is 3800. The Morgan fingerprint density at radius 1 is 0.753 bits per heavy atom. The number of sulfone groups is 1. The lowest BCUT2D eigenvalue weighted by molar-refractivity contribution is -0.136. The summed E-state index contributed by atoms with van der Waals surface area (Å²) in [6.07, 6.45) is 3.56. The Balaban J connectivity index is 0.687. The van der Waals surface area contributed by atoms with Gasteiger partial charge < -0.3 is 29.9 Å². The van der Waals surface area contributed by atoms with Gasteiger partial charge in [-0.25, -0.2) is 21.6 Å². The standard InChI is InChI=1S/C66H77ClF3N9O11S3/c1-65(2)25-23-53(45-11-15-48(67)16-12-45)47(42-65)43-77-32-34-78(35-33-77)50-17-13-46(14-18-50)61(81)74-93(87,88)52-19-20-55(58(41-52)92(85,86)66(68,69)70)72-49(44-91-51-7-4-3-5-8-51)24-27-75-28-30-76(31-29-75)36-38-90-40-39-89-37-26-71-56-10-6-9-54-60(56)64(84)79(63(54)83)57-21-22-59(80)73-62(57)82/h3-20,41,49,57,71-72H,21-40,42-44H2,1-2H3,(H,74,81)(H,73,80,82). The molecule has 0 bridgehead atoms. The average molecular weight is 1360 g/mol. The van der Waals surface area contributed by atoms with Crippen molar-refractivity contribution < 1.29 is 63.5 Å². The molecule has 5 aromatic rings. The van der Waals surface area contributed by atoms with Gasteiger partial charge in [-0.05, 0) is 128 Å². The summed E-state index contributed by atoms with van der Waals surface area (Å²) in [6.45, 7) is 14.1. The summed E-state index contributed by atoms with van der Waals surface area (Å²) in [5, 5.41) is 9.08. The summed E-state index contributed by atoms with van der Waals surface area (Å²) in [6, 6.07) is 29.3. The van der Waals surface area contributed by atoms with Gasteiger partial charge in [-0.2, -0.15) is 13.2 Å². The minimum Gasteiger partial charge on any atom is -0.382 e. The quantitative estimate of drug-likeness (QED) is 0.0219. The summed E-state index contributed by atoms with van der Waals surface area (Å²) in [5.41, 5.74) is -0.466. The van der Waals surface area contributed by atoms with E-state index in [1.807, 2.05) is 47.2 Å². The van der Waals surface area contributed by atoms with Crippen molar-refractivity contribution in [3.8, 4) is 0 Å². The molecule has 0 spiro atoms. The number of ether oxygens (including phenoxy) is 2. The van der Waals surface area contributed by atoms with Crippen LogP contribution in [-0.2, 0) is 38.9 Å². The molecule has 0 aromatic heterocycles. The molecule has 0 radical (unpaired) electrons. The maximum Gasteiger partial charge on any atom is 0.501 e. The number of allylic oxidation sites excluding steroid dienone is 1. The highest BCUT2D eigenvalue weighted by Gasteiger charge is 2.49. The fourth-order valence-corrected chi connectivity index (χ4v) is 15.5. The van der Waals surface area contributed by atoms with Crippen LogP contribution in [0.2, 0.25) is 5.02 Å². The van der Waals surface area contributed by atoms with Gasteiger partial charge in [0.25, 0.3) is 37.6 Å². The third kappa shape index (κ3) is 17.3. The van der Waals surface area contributed by atoms with E-state index >= 15 is 0 Å². The van der Waals surface area contributed by atoms with Crippen LogP contribution in [0.5, 0.6) is 0 Å². The lowest BCUT2D eigenvalue weighted by atomic mass is 9.73. The summed E-state index contributed by atoms with van der Waals surface area (Å²) in [7, 11) is -11.1. The molecule has 2 atom stereocenters. The van der Waals surface area contributed by atoms with Gasteiger partial charge in [0, 0.05) is 124 Å². The molecule has 5 aromatic carbocycles. The van der Waals surface area contributed by atoms with Crippen LogP contribution in [0, 0.1) is 5.41 Å². The van der Waals surface area contributed by atoms with Crippen molar-refractivity contribution in [1.82, 2.24) is 29.6 Å². The SMILES string of the molecule is CC1(C)CCC(c2ccc(Cl)cc2)=C(CN2CCN(c3ccc(C(=O)NS(=O)(=O)c4ccc(NC(CCN5CCN(CCOCCOCCNc6cccc7c6C(=O)N(C6CCC(=O)NC6=O)C7=O)CC5)CSc5ccccc5)c(S(=O)(=O)C(F)(F)F)c4)cc3)CC2)C1. The fraction of sp³-hybridized carbons (Fsp3) is 0.439. The van der Waals surface area contributed by atoms with Gasteiger partial charge in [0.05, 0.1) is 48.1 Å². The first-order valence-corrected chi connectivity index (χ1v) is 35.5. The molecule has 0 saturated carbocycles. The molecule has 2 unspecified atom stereocenters. The highest BCUT2D eigenvalue weighted by Crippen LogP contribution is 2.43. The maximum atomic E-state index is 14.5. The number of halogens is 4. The third-order valence-electron chi connectivity index (χ3n) is 17.5. The minimum atomic E-state index is -6.14. The van der Waals surface area contributed by atoms with E-state index in [0.29, 0.717) is 108 Å². The highest BCUT2D eigenvalue weighted by atomic mass is 35.5. The number of hydrogen-bond donors (Lipinski definition) is 4. The van der Waals surface area contributed by atoms with Crippen LogP contribution in [0.15, 0.2) is 136 Å². The number of rotatable bonds is 27. The van der Waals surface area contributed by atoms with E-state index < -0.39 is 82.5 Å². The van der Waals surface area contributed by atoms with E-state index in [-0.39, 0.29) is 41.6 Å². The summed E-state index contributed by atoms with van der Waals surface area (Å²) in [4.78, 5) is 73.0. The predicted molar refractivity (Wildman–Crippen MR) is 351 cm³/mol. The second kappa shape index (κ2) is 30.2. The van der Waals surface area contributed by atoms with Gasteiger partial charge in [-0.15, -0.1) is 11.8 Å². The number of anilines is 3. The zero-order valence-electron chi connectivity index (χ0n) is 51.9. The van der Waals surface area contributed by atoms with Gasteiger partial charge in [0.15, 0.2) is 0 Å². The molecule has 3 saturated heterocycles. The number of piperidine rings is 1. The first-order chi connectivity index (χ1) is 44.4. The topological polar surface area (TPSA) is 236 Å². The number of alkyl halides is 3. The van der Waals surface area contributed by atoms with Crippen LogP contribution >= 0.6 is 23.4 Å². The number of hydrogen-bond acceptors (Lipinski definition) is 18. The van der Waals surface area contributed by atoms with E-state index in [1.165, 1.54) is 46.7 Å². The molecule has 4 heterocycles. The smallest absolute Gasteiger partial charge is 0.382 e. The number of carbonyl (C=O) groups excluding carboxylic acids is 5. The van der Waals surface area contributed by atoms with E-state index in [0.717, 1.165) is 66.5 Å². The van der Waals surface area contributed by atoms with Gasteiger partial charge in [0.1, 0.15) is 10.9 Å².